The molecule has 0 radical (unpaired) electrons. The number of nitrogens with two attached hydrogens (primary N) is 5. The summed E-state index contributed by atoms with van der Waals surface area (Å²) < 4.78 is 205. The number of nitrogens with zero attached hydrogens (tertiary/aromatic N) is 28. The molecule has 60 nitrogen and oxygen atoms in total. The molecule has 8 aliphatic rings. The lowest BCUT2D eigenvalue weighted by molar-refractivity contribution is -0.142. The van der Waals surface area contributed by atoms with E-state index in [9.17, 15) is 24.0 Å². The summed E-state index contributed by atoms with van der Waals surface area (Å²) >= 11 is 0. The number of rotatable bonds is 37. The van der Waals surface area contributed by atoms with E-state index in [4.69, 9.17) is 84.2 Å². The molecule has 0 spiro atoms. The number of morpholine rings is 6. The van der Waals surface area contributed by atoms with E-state index in [2.05, 4.69) is 75.3 Å². The zero-order valence-corrected chi connectivity index (χ0v) is 88.6. The van der Waals surface area contributed by atoms with Crippen LogP contribution in [0.5, 0.6) is 0 Å². The van der Waals surface area contributed by atoms with Gasteiger partial charge in [0.05, 0.1) is 128 Å². The second-order valence-electron chi connectivity index (χ2n) is 37.9. The third-order valence-corrected chi connectivity index (χ3v) is 42.3. The Labute approximate surface area is 837 Å². The number of imidazole rings is 3. The number of aromatic nitrogens is 18. The number of nitrogen functional groups attached to an aromatic ring is 5. The van der Waals surface area contributed by atoms with Crippen molar-refractivity contribution in [2.75, 3.05) is 256 Å². The average molecular weight is 2160 g/mol. The molecule has 8 saturated heterocycles. The van der Waals surface area contributed by atoms with E-state index in [0.717, 1.165) is 4.57 Å². The number of fused-ring (bicyclic) bond motifs is 3. The van der Waals surface area contributed by atoms with Gasteiger partial charge in [-0.15, -0.1) is 0 Å². The van der Waals surface area contributed by atoms with Crippen molar-refractivity contribution in [1.29, 1.82) is 0 Å². The molecular formula is C80H129N37O23P6. The number of hydrogen-bond acceptors (Lipinski definition) is 41. The van der Waals surface area contributed by atoms with Crippen LogP contribution in [0.3, 0.4) is 0 Å². The van der Waals surface area contributed by atoms with Gasteiger partial charge in [0.15, 0.2) is 52.8 Å². The van der Waals surface area contributed by atoms with Gasteiger partial charge in [-0.1, -0.05) is 13.8 Å². The fourth-order valence-electron chi connectivity index (χ4n) is 18.8. The van der Waals surface area contributed by atoms with Gasteiger partial charge in [0, 0.05) is 134 Å². The van der Waals surface area contributed by atoms with Crippen LogP contribution in [0.4, 0.5) is 29.2 Å². The van der Waals surface area contributed by atoms with Crippen LogP contribution in [-0.2, 0) is 83.0 Å². The zero-order chi connectivity index (χ0) is 104. The predicted molar refractivity (Wildman–Crippen MR) is 532 cm³/mol. The fourth-order valence-corrected chi connectivity index (χ4v) is 31.5. The molecule has 18 atom stereocenters. The van der Waals surface area contributed by atoms with Gasteiger partial charge in [-0.25, -0.2) is 101 Å². The second kappa shape index (κ2) is 44.6. The number of anilines is 5. The second-order valence-corrected chi connectivity index (χ2v) is 53.6. The van der Waals surface area contributed by atoms with Crippen LogP contribution in [0.25, 0.3) is 33.5 Å². The standard InChI is InChI=1S/C80H129N37O23P6/c1-50(2)104-27-53(135-61(33-104)112-20-14-59(81)95-78(112)120)40-130-143(125,101(8)9)109-29-55(139-65(37-109)116-48-93-68-71(84)89-46-91-73(68)116)41-132-145(127,103(12)13)110-30-56(140-66(38-110)117-49-94-69-74(117)97-77(85)98-76(69)119)42-131-142(124,100(6)7)107-31-57(137-63(35-107)114-26-52(5)75(118)99-80(114)122)44-134-146(128,106-24-18-87-19-25-106)111-32-58(136-62(34-111)113-21-15-60(82)96-79(113)121)43-133-144(126,102(10)11)108-28-54(39-129-141(123,51(3)4)105-22-16-86-17-23-105)138-64(36-108)115-47-92-67-70(83)88-45-90-72(67)115/h14-15,20-21,26,45-51,53-58,61-66,86-87H,16-19,22-25,27-44H2,1-13H3,(H2,81,95,120)(H2,82,96,121)(H2,83,88,90)(H2,84,89,91)(H,99,118,122)(H3,85,97,98,119). The Balaban J connectivity index is 0.654. The summed E-state index contributed by atoms with van der Waals surface area (Å²) in [5.41, 5.74) is 27.7. The Hall–Kier alpha value is -8.77. The Bertz CT molecular complexity index is 6800. The van der Waals surface area contributed by atoms with Crippen LogP contribution in [0.1, 0.15) is 70.6 Å². The van der Waals surface area contributed by atoms with E-state index < -0.39 is 187 Å². The fraction of sp³-hybridized carbons (Fsp3) is 0.662. The molecule has 9 aromatic rings. The van der Waals surface area contributed by atoms with Crippen molar-refractivity contribution in [2.24, 2.45) is 0 Å². The van der Waals surface area contributed by atoms with Crippen molar-refractivity contribution >= 4 is 109 Å². The summed E-state index contributed by atoms with van der Waals surface area (Å²) in [4.78, 5) is 119. The van der Waals surface area contributed by atoms with Crippen molar-refractivity contribution in [1.82, 2.24) is 154 Å². The molecule has 0 aliphatic carbocycles. The van der Waals surface area contributed by atoms with Crippen LogP contribution in [0.15, 0.2) is 86.3 Å². The van der Waals surface area contributed by atoms with E-state index in [1.54, 1.807) is 51.3 Å². The molecule has 8 fully saturated rings. The lowest BCUT2D eigenvalue weighted by Crippen LogP contribution is -2.53. The Kier molecular flexibility index (Phi) is 33.2. The topological polar surface area (TPSA) is 682 Å². The molecular weight excluding hydrogens is 2030 g/mol. The van der Waals surface area contributed by atoms with Crippen molar-refractivity contribution in [2.45, 2.75) is 120 Å². The van der Waals surface area contributed by atoms with Gasteiger partial charge in [0.1, 0.15) is 54.0 Å². The maximum Gasteiger partial charge on any atom is 0.351 e. The van der Waals surface area contributed by atoms with E-state index >= 15 is 27.4 Å². The summed E-state index contributed by atoms with van der Waals surface area (Å²) in [6, 6.07) is 2.85. The number of aryl methyl sites for hydroxylation is 1. The molecule has 66 heteroatoms. The molecule has 8 aliphatic heterocycles. The smallest absolute Gasteiger partial charge is 0.351 e. The minimum Gasteiger partial charge on any atom is -0.383 e. The van der Waals surface area contributed by atoms with Crippen LogP contribution >= 0.6 is 45.9 Å². The quantitative estimate of drug-likeness (QED) is 0.0231. The Morgan fingerprint density at radius 3 is 1.15 bits per heavy atom. The van der Waals surface area contributed by atoms with Gasteiger partial charge in [-0.05, 0) is 89.3 Å². The van der Waals surface area contributed by atoms with Crippen LogP contribution in [0.2, 0.25) is 0 Å². The monoisotopic (exact) mass is 2160 g/mol. The van der Waals surface area contributed by atoms with Gasteiger partial charge in [0.25, 0.3) is 18.6 Å². The molecule has 802 valence electrons. The summed E-state index contributed by atoms with van der Waals surface area (Å²) in [6.45, 7) is 7.66. The number of nitrogens with one attached hydrogen (secondary N) is 4. The van der Waals surface area contributed by atoms with Gasteiger partial charge in [-0.2, -0.15) is 15.0 Å². The first-order chi connectivity index (χ1) is 69.4. The SMILES string of the molecule is Cc1cn(C2CN(P(=O)(OCC3CN(P(=O)(OCC4CN(P(=O)(OCC5CN(C(C)C)CC(n6ccc(N)nc6=O)O5)N(C)C)CC(n5cnc6c(N)ncnc65)O4)N(C)C)CC(n4cnc5c(=O)[nH]c(N)nc54)O3)N(C)C)CC(COP(=O)(N3CCNCC3)N3CC(COP(=O)(N(C)C)N4CC(COP(=O)(C(C)C)N5CCNCC5)OC(n5cnc6c(N)ncnc65)C4)OC(n4ccc(N)nc4=O)C3)O2)c(=O)[nH]c1=O. The molecule has 0 aromatic carbocycles. The van der Waals surface area contributed by atoms with Crippen LogP contribution < -0.4 is 67.5 Å². The number of piperazine rings is 2. The highest BCUT2D eigenvalue weighted by atomic mass is 31.2. The zero-order valence-electron chi connectivity index (χ0n) is 83.2. The first-order valence-electron chi connectivity index (χ1n) is 47.6. The largest absolute Gasteiger partial charge is 0.383 e. The minimum absolute atomic E-state index is 0.0257. The first-order valence-corrected chi connectivity index (χ1v) is 56.9. The third-order valence-electron chi connectivity index (χ3n) is 26.5. The highest BCUT2D eigenvalue weighted by Gasteiger charge is 2.54. The van der Waals surface area contributed by atoms with Crippen molar-refractivity contribution in [3.05, 3.63) is 120 Å². The number of aromatic amines is 2. The summed E-state index contributed by atoms with van der Waals surface area (Å²) in [6.07, 6.45) is -2.62. The minimum atomic E-state index is -4.60. The molecule has 0 saturated carbocycles. The van der Waals surface area contributed by atoms with E-state index in [1.807, 2.05) is 32.4 Å². The lowest BCUT2D eigenvalue weighted by Gasteiger charge is -2.47. The number of ether oxygens (including phenoxy) is 6. The van der Waals surface area contributed by atoms with Gasteiger partial charge >= 0.3 is 55.4 Å². The average Bonchev–Trinajstić information content (AvgIpc) is 1.47. The highest BCUT2D eigenvalue weighted by molar-refractivity contribution is 7.57. The Morgan fingerprint density at radius 1 is 0.390 bits per heavy atom. The van der Waals surface area contributed by atoms with E-state index in [1.165, 1.54) is 144 Å². The van der Waals surface area contributed by atoms with Gasteiger partial charge in [0.2, 0.25) is 5.95 Å². The molecule has 17 rings (SSSR count). The number of hydrogen-bond donors (Lipinski definition) is 9. The Morgan fingerprint density at radius 2 is 0.747 bits per heavy atom. The van der Waals surface area contributed by atoms with Gasteiger partial charge in [-0.3, -0.25) is 79.2 Å². The third kappa shape index (κ3) is 22.6. The van der Waals surface area contributed by atoms with Crippen LogP contribution in [0, 0.1) is 6.92 Å². The van der Waals surface area contributed by atoms with Crippen molar-refractivity contribution in [3.8, 4) is 0 Å². The first kappa shape index (κ1) is 108. The molecule has 0 amide bonds. The molecule has 18 unspecified atom stereocenters. The molecule has 146 heavy (non-hydrogen) atoms. The molecule has 0 bridgehead atoms. The maximum atomic E-state index is 17.2. The number of H-pyrrole nitrogens is 2. The summed E-state index contributed by atoms with van der Waals surface area (Å²) in [5, 5.41) is 6.62. The summed E-state index contributed by atoms with van der Waals surface area (Å²) in [5.74, 6) is -0.180. The lowest BCUT2D eigenvalue weighted by atomic mass is 10.2. The van der Waals surface area contributed by atoms with Crippen molar-refractivity contribution < 1.29 is 83.0 Å². The molecule has 9 aromatic heterocycles. The van der Waals surface area contributed by atoms with Crippen molar-refractivity contribution in [3.63, 3.8) is 0 Å². The molecule has 14 N–H and O–H groups in total. The van der Waals surface area contributed by atoms with E-state index in [0.29, 0.717) is 58.0 Å². The molecule has 17 heterocycles. The normalized spacial score (nSPS) is 27.0. The predicted octanol–water partition coefficient (Wildman–Crippen LogP) is -0.0140. The van der Waals surface area contributed by atoms with Gasteiger partial charge < -0.3 is 94.9 Å². The highest BCUT2D eigenvalue weighted by Crippen LogP contribution is 2.63. The van der Waals surface area contributed by atoms with E-state index in [-0.39, 0.29) is 154 Å². The van der Waals surface area contributed by atoms with Crippen LogP contribution in [-0.4, -0.2) is 419 Å². The summed E-state index contributed by atoms with van der Waals surface area (Å²) in [7, 11) is -13.3. The maximum absolute atomic E-state index is 17.2.